The number of aromatic nitrogens is 2. The fourth-order valence-electron chi connectivity index (χ4n) is 1.46. The smallest absolute Gasteiger partial charge is 0.346 e. The number of morpholine rings is 1. The van der Waals surface area contributed by atoms with Crippen molar-refractivity contribution in [1.82, 2.24) is 9.97 Å². The topological polar surface area (TPSA) is 84.2 Å². The Bertz CT molecular complexity index is 370. The first-order valence-electron chi connectivity index (χ1n) is 4.45. The number of aromatic amines is 1. The lowest BCUT2D eigenvalue weighted by Gasteiger charge is -2.28. The molecule has 14 heavy (non-hydrogen) atoms. The van der Waals surface area contributed by atoms with Crippen molar-refractivity contribution < 1.29 is 4.74 Å². The molecule has 3 N–H and O–H groups in total. The normalized spacial score (nSPS) is 17.0. The van der Waals surface area contributed by atoms with Gasteiger partial charge in [0.15, 0.2) is 0 Å². The van der Waals surface area contributed by atoms with Crippen molar-refractivity contribution in [2.75, 3.05) is 36.9 Å². The highest BCUT2D eigenvalue weighted by atomic mass is 16.5. The van der Waals surface area contributed by atoms with Crippen molar-refractivity contribution in [2.45, 2.75) is 0 Å². The Labute approximate surface area is 80.7 Å². The van der Waals surface area contributed by atoms with Crippen LogP contribution in [0.4, 0.5) is 11.5 Å². The first kappa shape index (κ1) is 9.01. The largest absolute Gasteiger partial charge is 0.383 e. The minimum absolute atomic E-state index is 0.368. The van der Waals surface area contributed by atoms with E-state index in [9.17, 15) is 4.79 Å². The van der Waals surface area contributed by atoms with E-state index in [0.717, 1.165) is 18.8 Å². The van der Waals surface area contributed by atoms with Gasteiger partial charge in [0.05, 0.1) is 25.1 Å². The average molecular weight is 196 g/mol. The van der Waals surface area contributed by atoms with Crippen LogP contribution in [0, 0.1) is 0 Å². The van der Waals surface area contributed by atoms with Gasteiger partial charge in [0.1, 0.15) is 5.82 Å². The number of hydrogen-bond acceptors (Lipinski definition) is 5. The number of nitrogens with one attached hydrogen (secondary N) is 1. The van der Waals surface area contributed by atoms with Gasteiger partial charge in [-0.1, -0.05) is 0 Å². The molecule has 76 valence electrons. The zero-order valence-corrected chi connectivity index (χ0v) is 7.69. The molecule has 1 aliphatic rings. The number of rotatable bonds is 1. The maximum Gasteiger partial charge on any atom is 0.346 e. The number of anilines is 2. The van der Waals surface area contributed by atoms with Crippen molar-refractivity contribution >= 4 is 11.5 Å². The standard InChI is InChI=1S/C8H12N4O2/c9-7-6(5-10-8(13)11-7)12-1-3-14-4-2-12/h5H,1-4H2,(H3,9,10,11,13). The molecule has 1 aromatic rings. The van der Waals surface area contributed by atoms with E-state index < -0.39 is 5.69 Å². The van der Waals surface area contributed by atoms with Gasteiger partial charge in [-0.25, -0.2) is 4.79 Å². The number of hydrogen-bond donors (Lipinski definition) is 2. The molecule has 0 bridgehead atoms. The van der Waals surface area contributed by atoms with Crippen molar-refractivity contribution in [1.29, 1.82) is 0 Å². The Hall–Kier alpha value is -1.56. The third kappa shape index (κ3) is 1.69. The quantitative estimate of drug-likeness (QED) is 0.613. The summed E-state index contributed by atoms with van der Waals surface area (Å²) in [5.41, 5.74) is 6.03. The molecule has 1 aromatic heterocycles. The van der Waals surface area contributed by atoms with E-state index in [2.05, 4.69) is 9.97 Å². The van der Waals surface area contributed by atoms with Crippen LogP contribution in [0.25, 0.3) is 0 Å². The molecule has 6 nitrogen and oxygen atoms in total. The number of nitrogen functional groups attached to an aromatic ring is 1. The maximum absolute atomic E-state index is 10.8. The summed E-state index contributed by atoms with van der Waals surface area (Å²) in [6, 6.07) is 0. The van der Waals surface area contributed by atoms with Gasteiger partial charge >= 0.3 is 5.69 Å². The van der Waals surface area contributed by atoms with Crippen LogP contribution in [0.1, 0.15) is 0 Å². The lowest BCUT2D eigenvalue weighted by Crippen LogP contribution is -2.37. The highest BCUT2D eigenvalue weighted by molar-refractivity contribution is 5.61. The SMILES string of the molecule is Nc1[nH]c(=O)ncc1N1CCOCC1. The molecule has 1 fully saturated rings. The Morgan fingerprint density at radius 1 is 1.50 bits per heavy atom. The zero-order chi connectivity index (χ0) is 9.97. The van der Waals surface area contributed by atoms with Gasteiger partial charge in [-0.2, -0.15) is 4.98 Å². The Balaban J connectivity index is 2.26. The minimum Gasteiger partial charge on any atom is -0.383 e. The molecule has 6 heteroatoms. The van der Waals surface area contributed by atoms with Crippen LogP contribution in [-0.4, -0.2) is 36.3 Å². The summed E-state index contributed by atoms with van der Waals surface area (Å²) in [7, 11) is 0. The van der Waals surface area contributed by atoms with Gasteiger partial charge in [0.2, 0.25) is 0 Å². The first-order valence-corrected chi connectivity index (χ1v) is 4.45. The van der Waals surface area contributed by atoms with Gasteiger partial charge in [-0.3, -0.25) is 4.98 Å². The van der Waals surface area contributed by atoms with E-state index in [1.165, 1.54) is 6.20 Å². The summed E-state index contributed by atoms with van der Waals surface area (Å²) in [4.78, 5) is 19.0. The van der Waals surface area contributed by atoms with E-state index in [-0.39, 0.29) is 0 Å². The molecule has 1 aliphatic heterocycles. The molecule has 0 aliphatic carbocycles. The molecule has 0 spiro atoms. The molecule has 0 radical (unpaired) electrons. The first-order chi connectivity index (χ1) is 6.77. The highest BCUT2D eigenvalue weighted by Crippen LogP contribution is 2.18. The van der Waals surface area contributed by atoms with Crippen LogP contribution in [-0.2, 0) is 4.74 Å². The molecular formula is C8H12N4O2. The van der Waals surface area contributed by atoms with Crippen LogP contribution in [0.5, 0.6) is 0 Å². The summed E-state index contributed by atoms with van der Waals surface area (Å²) in [6.45, 7) is 2.91. The van der Waals surface area contributed by atoms with Crippen molar-refractivity contribution in [3.05, 3.63) is 16.7 Å². The lowest BCUT2D eigenvalue weighted by molar-refractivity contribution is 0.122. The second-order valence-corrected chi connectivity index (χ2v) is 3.09. The van der Waals surface area contributed by atoms with Crippen LogP contribution in [0.2, 0.25) is 0 Å². The molecule has 0 amide bonds. The monoisotopic (exact) mass is 196 g/mol. The fraction of sp³-hybridized carbons (Fsp3) is 0.500. The van der Waals surface area contributed by atoms with Gasteiger partial charge in [-0.05, 0) is 0 Å². The van der Waals surface area contributed by atoms with Crippen molar-refractivity contribution in [3.8, 4) is 0 Å². The van der Waals surface area contributed by atoms with Gasteiger partial charge in [0, 0.05) is 13.1 Å². The van der Waals surface area contributed by atoms with Crippen LogP contribution in [0.3, 0.4) is 0 Å². The molecule has 2 heterocycles. The molecule has 0 atom stereocenters. The van der Waals surface area contributed by atoms with Crippen LogP contribution in [0.15, 0.2) is 11.0 Å². The molecule has 1 saturated heterocycles. The van der Waals surface area contributed by atoms with Crippen LogP contribution < -0.4 is 16.3 Å². The van der Waals surface area contributed by atoms with E-state index in [1.54, 1.807) is 0 Å². The Morgan fingerprint density at radius 3 is 2.86 bits per heavy atom. The summed E-state index contributed by atoms with van der Waals surface area (Å²) in [6.07, 6.45) is 1.50. The third-order valence-corrected chi connectivity index (χ3v) is 2.17. The number of ether oxygens (including phenoxy) is 1. The fourth-order valence-corrected chi connectivity index (χ4v) is 1.46. The highest BCUT2D eigenvalue weighted by Gasteiger charge is 2.14. The lowest BCUT2D eigenvalue weighted by atomic mass is 10.3. The van der Waals surface area contributed by atoms with Gasteiger partial charge < -0.3 is 15.4 Å². The van der Waals surface area contributed by atoms with Gasteiger partial charge in [-0.15, -0.1) is 0 Å². The average Bonchev–Trinajstić information content (AvgIpc) is 2.19. The zero-order valence-electron chi connectivity index (χ0n) is 7.69. The second-order valence-electron chi connectivity index (χ2n) is 3.09. The minimum atomic E-state index is -0.417. The van der Waals surface area contributed by atoms with E-state index in [0.29, 0.717) is 19.0 Å². The molecule has 0 saturated carbocycles. The second kappa shape index (κ2) is 3.67. The van der Waals surface area contributed by atoms with E-state index in [1.807, 2.05) is 4.90 Å². The molecule has 0 unspecified atom stereocenters. The molecule has 2 rings (SSSR count). The number of nitrogens with zero attached hydrogens (tertiary/aromatic N) is 2. The third-order valence-electron chi connectivity index (χ3n) is 2.17. The molecule has 0 aromatic carbocycles. The van der Waals surface area contributed by atoms with Gasteiger partial charge in [0.25, 0.3) is 0 Å². The molecular weight excluding hydrogens is 184 g/mol. The van der Waals surface area contributed by atoms with Crippen LogP contribution >= 0.6 is 0 Å². The number of H-pyrrole nitrogens is 1. The summed E-state index contributed by atoms with van der Waals surface area (Å²) >= 11 is 0. The Kier molecular flexibility index (Phi) is 2.36. The van der Waals surface area contributed by atoms with E-state index in [4.69, 9.17) is 10.5 Å². The number of nitrogens with two attached hydrogens (primary N) is 1. The Morgan fingerprint density at radius 2 is 2.21 bits per heavy atom. The summed E-state index contributed by atoms with van der Waals surface area (Å²) in [5, 5.41) is 0. The van der Waals surface area contributed by atoms with Crippen molar-refractivity contribution in [2.24, 2.45) is 0 Å². The maximum atomic E-state index is 10.8. The predicted octanol–water partition coefficient (Wildman–Crippen LogP) is -0.811. The summed E-state index contributed by atoms with van der Waals surface area (Å²) in [5.74, 6) is 0.368. The van der Waals surface area contributed by atoms with E-state index >= 15 is 0 Å². The predicted molar refractivity (Wildman–Crippen MR) is 52.3 cm³/mol. The summed E-state index contributed by atoms with van der Waals surface area (Å²) < 4.78 is 5.21. The van der Waals surface area contributed by atoms with Crippen molar-refractivity contribution in [3.63, 3.8) is 0 Å².